The Morgan fingerprint density at radius 3 is 2.45 bits per heavy atom. The predicted molar refractivity (Wildman–Crippen MR) is 75.8 cm³/mol. The van der Waals surface area contributed by atoms with E-state index in [4.69, 9.17) is 10.8 Å². The molecule has 0 amide bonds. The maximum atomic E-state index is 12.9. The van der Waals surface area contributed by atoms with Crippen molar-refractivity contribution < 1.29 is 32.6 Å². The average Bonchev–Trinajstić information content (AvgIpc) is 2.39. The van der Waals surface area contributed by atoms with E-state index < -0.39 is 35.8 Å². The van der Waals surface area contributed by atoms with Crippen LogP contribution >= 0.6 is 15.9 Å². The van der Waals surface area contributed by atoms with Crippen LogP contribution in [-0.4, -0.2) is 24.2 Å². The van der Waals surface area contributed by atoms with Gasteiger partial charge in [0.1, 0.15) is 0 Å². The fourth-order valence-corrected chi connectivity index (χ4v) is 2.11. The van der Waals surface area contributed by atoms with Gasteiger partial charge in [0, 0.05) is 10.0 Å². The standard InChI is InChI=1S/C13H11BrF3NO4/c1-22-12(21)7(5-10(19)20)2-6-3-8(13(15,16)17)11(18)9(14)4-6/h2-4H,5,18H2,1H3,(H,19,20). The lowest BCUT2D eigenvalue weighted by Crippen LogP contribution is -2.11. The maximum absolute atomic E-state index is 12.9. The molecule has 0 aliphatic rings. The van der Waals surface area contributed by atoms with Crippen LogP contribution in [0.3, 0.4) is 0 Å². The van der Waals surface area contributed by atoms with E-state index in [1.807, 2.05) is 0 Å². The minimum atomic E-state index is -4.69. The molecule has 0 saturated carbocycles. The lowest BCUT2D eigenvalue weighted by Gasteiger charge is -2.13. The molecule has 0 bridgehead atoms. The molecule has 0 unspecified atom stereocenters. The van der Waals surface area contributed by atoms with Gasteiger partial charge in [0.05, 0.1) is 24.8 Å². The van der Waals surface area contributed by atoms with Gasteiger partial charge >= 0.3 is 18.1 Å². The van der Waals surface area contributed by atoms with Gasteiger partial charge in [-0.2, -0.15) is 13.2 Å². The van der Waals surface area contributed by atoms with Crippen molar-refractivity contribution in [1.82, 2.24) is 0 Å². The third-order valence-electron chi connectivity index (χ3n) is 2.59. The number of carbonyl (C=O) groups is 2. The smallest absolute Gasteiger partial charge is 0.418 e. The van der Waals surface area contributed by atoms with Gasteiger partial charge in [-0.25, -0.2) is 4.79 Å². The van der Waals surface area contributed by atoms with Crippen LogP contribution in [0.5, 0.6) is 0 Å². The Bertz CT molecular complexity index is 641. The van der Waals surface area contributed by atoms with E-state index in [9.17, 15) is 22.8 Å². The number of carboxylic acid groups (broad SMARTS) is 1. The highest BCUT2D eigenvalue weighted by atomic mass is 79.9. The predicted octanol–water partition coefficient (Wildman–Crippen LogP) is 3.08. The monoisotopic (exact) mass is 381 g/mol. The van der Waals surface area contributed by atoms with Gasteiger partial charge < -0.3 is 15.6 Å². The molecule has 0 radical (unpaired) electrons. The van der Waals surface area contributed by atoms with Crippen molar-refractivity contribution >= 4 is 39.6 Å². The fraction of sp³-hybridized carbons (Fsp3) is 0.231. The number of aliphatic carboxylic acids is 1. The van der Waals surface area contributed by atoms with Gasteiger partial charge in [-0.3, -0.25) is 4.79 Å². The van der Waals surface area contributed by atoms with Crippen LogP contribution in [0.4, 0.5) is 18.9 Å². The molecule has 3 N–H and O–H groups in total. The second kappa shape index (κ2) is 6.82. The highest BCUT2D eigenvalue weighted by Crippen LogP contribution is 2.38. The summed E-state index contributed by atoms with van der Waals surface area (Å²) >= 11 is 2.90. The number of rotatable bonds is 4. The molecule has 1 rings (SSSR count). The number of hydrogen-bond donors (Lipinski definition) is 2. The molecule has 0 spiro atoms. The molecule has 1 aromatic rings. The molecule has 0 aromatic heterocycles. The van der Waals surface area contributed by atoms with Crippen molar-refractivity contribution in [1.29, 1.82) is 0 Å². The zero-order chi connectivity index (χ0) is 17.1. The molecule has 0 aliphatic heterocycles. The average molecular weight is 382 g/mol. The van der Waals surface area contributed by atoms with E-state index in [0.29, 0.717) is 0 Å². The number of carboxylic acids is 1. The van der Waals surface area contributed by atoms with Crippen molar-refractivity contribution in [2.75, 3.05) is 12.8 Å². The van der Waals surface area contributed by atoms with Crippen molar-refractivity contribution in [2.24, 2.45) is 0 Å². The van der Waals surface area contributed by atoms with Crippen LogP contribution in [0.2, 0.25) is 0 Å². The molecule has 0 saturated heterocycles. The van der Waals surface area contributed by atoms with Crippen molar-refractivity contribution in [3.63, 3.8) is 0 Å². The topological polar surface area (TPSA) is 89.6 Å². The normalized spacial score (nSPS) is 12.1. The zero-order valence-electron chi connectivity index (χ0n) is 11.2. The van der Waals surface area contributed by atoms with E-state index >= 15 is 0 Å². The van der Waals surface area contributed by atoms with Gasteiger partial charge in [0.15, 0.2) is 0 Å². The summed E-state index contributed by atoms with van der Waals surface area (Å²) in [5.74, 6) is -2.26. The van der Waals surface area contributed by atoms with Gasteiger partial charge in [0.25, 0.3) is 0 Å². The number of nitrogens with two attached hydrogens (primary N) is 1. The minimum absolute atomic E-state index is 0.0203. The number of benzene rings is 1. The van der Waals surface area contributed by atoms with Gasteiger partial charge in [-0.1, -0.05) is 0 Å². The molecule has 5 nitrogen and oxygen atoms in total. The Morgan fingerprint density at radius 1 is 1.41 bits per heavy atom. The summed E-state index contributed by atoms with van der Waals surface area (Å²) in [6.07, 6.45) is -4.36. The number of halogens is 4. The van der Waals surface area contributed by atoms with Crippen molar-refractivity contribution in [3.8, 4) is 0 Å². The summed E-state index contributed by atoms with van der Waals surface area (Å²) in [5.41, 5.74) is 3.45. The lowest BCUT2D eigenvalue weighted by molar-refractivity contribution is -0.141. The van der Waals surface area contributed by atoms with Crippen LogP contribution in [0.1, 0.15) is 17.5 Å². The lowest BCUT2D eigenvalue weighted by atomic mass is 10.0. The second-order valence-corrected chi connectivity index (χ2v) is 5.05. The molecule has 120 valence electrons. The van der Waals surface area contributed by atoms with Gasteiger partial charge in [0.2, 0.25) is 0 Å². The van der Waals surface area contributed by atoms with Crippen molar-refractivity contribution in [2.45, 2.75) is 12.6 Å². The zero-order valence-corrected chi connectivity index (χ0v) is 12.8. The van der Waals surface area contributed by atoms with Crippen LogP contribution in [0.15, 0.2) is 22.2 Å². The van der Waals surface area contributed by atoms with Crippen molar-refractivity contribution in [3.05, 3.63) is 33.3 Å². The quantitative estimate of drug-likeness (QED) is 0.475. The summed E-state index contributed by atoms with van der Waals surface area (Å²) in [4.78, 5) is 22.2. The Hall–Kier alpha value is -2.03. The largest absolute Gasteiger partial charge is 0.481 e. The molecule has 9 heteroatoms. The molecule has 0 fully saturated rings. The summed E-state index contributed by atoms with van der Waals surface area (Å²) in [7, 11) is 1.04. The third kappa shape index (κ3) is 4.48. The van der Waals surface area contributed by atoms with Gasteiger partial charge in [-0.05, 0) is 39.7 Å². The molecule has 0 atom stereocenters. The second-order valence-electron chi connectivity index (χ2n) is 4.19. The number of hydrogen-bond acceptors (Lipinski definition) is 4. The number of alkyl halides is 3. The number of esters is 1. The molecular weight excluding hydrogens is 371 g/mol. The van der Waals surface area contributed by atoms with Crippen LogP contribution in [-0.2, 0) is 20.5 Å². The van der Waals surface area contributed by atoms with E-state index in [1.54, 1.807) is 0 Å². The number of anilines is 1. The Balaban J connectivity index is 3.41. The first-order valence-corrected chi connectivity index (χ1v) is 6.52. The highest BCUT2D eigenvalue weighted by Gasteiger charge is 2.34. The Kier molecular flexibility index (Phi) is 5.59. The molecular formula is C13H11BrF3NO4. The third-order valence-corrected chi connectivity index (χ3v) is 3.24. The maximum Gasteiger partial charge on any atom is 0.418 e. The first-order chi connectivity index (χ1) is 10.1. The van der Waals surface area contributed by atoms with E-state index in [-0.39, 0.29) is 15.6 Å². The van der Waals surface area contributed by atoms with Crippen LogP contribution in [0.25, 0.3) is 6.08 Å². The summed E-state index contributed by atoms with van der Waals surface area (Å²) in [6, 6.07) is 1.97. The number of ether oxygens (including phenoxy) is 1. The van der Waals surface area contributed by atoms with Crippen LogP contribution in [0, 0.1) is 0 Å². The Morgan fingerprint density at radius 2 is 2.00 bits per heavy atom. The van der Waals surface area contributed by atoms with E-state index in [2.05, 4.69) is 20.7 Å². The summed E-state index contributed by atoms with van der Waals surface area (Å²) < 4.78 is 43.0. The minimum Gasteiger partial charge on any atom is -0.481 e. The van der Waals surface area contributed by atoms with Gasteiger partial charge in [-0.15, -0.1) is 0 Å². The van der Waals surface area contributed by atoms with E-state index in [0.717, 1.165) is 19.3 Å². The molecule has 1 aromatic carbocycles. The van der Waals surface area contributed by atoms with Crippen LogP contribution < -0.4 is 5.73 Å². The molecule has 22 heavy (non-hydrogen) atoms. The number of carbonyl (C=O) groups excluding carboxylic acids is 1. The molecule has 0 aliphatic carbocycles. The summed E-state index contributed by atoms with van der Waals surface area (Å²) in [6.45, 7) is 0. The SMILES string of the molecule is COC(=O)C(=Cc1cc(Br)c(N)c(C(F)(F)F)c1)CC(=O)O. The first-order valence-electron chi connectivity index (χ1n) is 5.73. The summed E-state index contributed by atoms with van der Waals surface area (Å²) in [5, 5.41) is 8.73. The fourth-order valence-electron chi connectivity index (χ4n) is 1.63. The highest BCUT2D eigenvalue weighted by molar-refractivity contribution is 9.10. The van der Waals surface area contributed by atoms with E-state index in [1.165, 1.54) is 6.07 Å². The first kappa shape index (κ1) is 18.0. The molecule has 0 heterocycles. The Labute approximate surface area is 131 Å². The number of nitrogen functional groups attached to an aromatic ring is 1. The number of methoxy groups -OCH3 is 1.